The number of carbonyl (C=O) groups is 1. The van der Waals surface area contributed by atoms with Crippen LogP contribution in [0.2, 0.25) is 0 Å². The molecule has 1 aromatic carbocycles. The number of anilines is 1. The first kappa shape index (κ1) is 19.2. The number of hydrogen-bond acceptors (Lipinski definition) is 5. The van der Waals surface area contributed by atoms with Crippen LogP contribution in [0.25, 0.3) is 16.8 Å². The van der Waals surface area contributed by atoms with Gasteiger partial charge < -0.3 is 9.47 Å². The van der Waals surface area contributed by atoms with Crippen molar-refractivity contribution in [1.82, 2.24) is 14.3 Å². The lowest BCUT2D eigenvalue weighted by Crippen LogP contribution is -2.21. The van der Waals surface area contributed by atoms with E-state index in [0.29, 0.717) is 28.3 Å². The average Bonchev–Trinajstić information content (AvgIpc) is 3.09. The van der Waals surface area contributed by atoms with Gasteiger partial charge in [0.2, 0.25) is 6.86 Å². The Morgan fingerprint density at radius 3 is 2.61 bits per heavy atom. The summed E-state index contributed by atoms with van der Waals surface area (Å²) in [6.45, 7) is 0.965. The zero-order chi connectivity index (χ0) is 20.1. The number of rotatable bonds is 6. The van der Waals surface area contributed by atoms with Crippen LogP contribution in [0.15, 0.2) is 53.7 Å². The lowest BCUT2D eigenvalue weighted by molar-refractivity contribution is 0.168. The normalized spacial score (nSPS) is 10.5. The molecular weight excluding hydrogens is 367 g/mol. The molecule has 2 aromatic heterocycles. The number of alkyl halides is 1. The Morgan fingerprint density at radius 2 is 2.00 bits per heavy atom. The molecule has 0 aliphatic rings. The molecule has 1 amide bonds. The second-order valence-electron chi connectivity index (χ2n) is 5.80. The van der Waals surface area contributed by atoms with Crippen LogP contribution in [-0.4, -0.2) is 33.9 Å². The third-order valence-corrected chi connectivity index (χ3v) is 3.92. The van der Waals surface area contributed by atoms with Gasteiger partial charge in [-0.3, -0.25) is 19.4 Å². The third-order valence-electron chi connectivity index (χ3n) is 3.92. The Bertz CT molecular complexity index is 1030. The second-order valence-corrected chi connectivity index (χ2v) is 5.80. The molecule has 9 heteroatoms. The van der Waals surface area contributed by atoms with Gasteiger partial charge in [-0.2, -0.15) is 5.10 Å². The summed E-state index contributed by atoms with van der Waals surface area (Å²) < 4.78 is 25.0. The van der Waals surface area contributed by atoms with E-state index in [1.54, 1.807) is 61.5 Å². The predicted octanol–water partition coefficient (Wildman–Crippen LogP) is 3.11. The first-order valence-electron chi connectivity index (χ1n) is 8.50. The van der Waals surface area contributed by atoms with Crippen LogP contribution in [0.3, 0.4) is 0 Å². The number of amides is 1. The largest absolute Gasteiger partial charge is 0.463 e. The van der Waals surface area contributed by atoms with Gasteiger partial charge in [0.15, 0.2) is 0 Å². The van der Waals surface area contributed by atoms with Crippen LogP contribution >= 0.6 is 0 Å². The van der Waals surface area contributed by atoms with E-state index in [2.05, 4.69) is 10.4 Å². The van der Waals surface area contributed by atoms with Gasteiger partial charge in [0.1, 0.15) is 5.75 Å². The van der Waals surface area contributed by atoms with Crippen molar-refractivity contribution in [3.05, 3.63) is 59.3 Å². The topological polar surface area (TPSA) is 87.4 Å². The van der Waals surface area contributed by atoms with Crippen molar-refractivity contribution in [3.63, 3.8) is 0 Å². The summed E-state index contributed by atoms with van der Waals surface area (Å²) in [6, 6.07) is 7.71. The van der Waals surface area contributed by atoms with Gasteiger partial charge in [-0.15, -0.1) is 0 Å². The van der Waals surface area contributed by atoms with Gasteiger partial charge in [0, 0.05) is 42.3 Å². The highest BCUT2D eigenvalue weighted by Crippen LogP contribution is 2.27. The van der Waals surface area contributed by atoms with Gasteiger partial charge >= 0.3 is 6.09 Å². The molecule has 8 nitrogen and oxygen atoms in total. The zero-order valence-corrected chi connectivity index (χ0v) is 15.4. The van der Waals surface area contributed by atoms with Gasteiger partial charge in [-0.05, 0) is 31.2 Å². The number of halogens is 1. The lowest BCUT2D eigenvalue weighted by Gasteiger charge is -2.14. The molecule has 3 aromatic rings. The highest BCUT2D eigenvalue weighted by Gasteiger charge is 2.14. The maximum atomic E-state index is 12.6. The summed E-state index contributed by atoms with van der Waals surface area (Å²) >= 11 is 0. The van der Waals surface area contributed by atoms with Crippen molar-refractivity contribution in [2.24, 2.45) is 7.05 Å². The summed E-state index contributed by atoms with van der Waals surface area (Å²) in [5, 5.41) is 6.73. The molecule has 0 saturated carbocycles. The number of hydrogen-bond donors (Lipinski definition) is 1. The standard InChI is InChI=1S/C19H19FN4O4/c1-3-27-19(26)22-17-8-18(25)24(11-16(17)13-9-21-23(2)10-13)14-4-6-15(7-5-14)28-12-20/h4-11H,3,12H2,1-2H3,(H,22,26). The quantitative estimate of drug-likeness (QED) is 0.703. The molecule has 146 valence electrons. The van der Waals surface area contributed by atoms with Crippen LogP contribution in [0, 0.1) is 0 Å². The molecule has 0 saturated heterocycles. The van der Waals surface area contributed by atoms with Crippen molar-refractivity contribution in [3.8, 4) is 22.6 Å². The monoisotopic (exact) mass is 386 g/mol. The summed E-state index contributed by atoms with van der Waals surface area (Å²) in [7, 11) is 1.77. The first-order chi connectivity index (χ1) is 13.5. The predicted molar refractivity (Wildman–Crippen MR) is 101 cm³/mol. The number of aryl methyl sites for hydroxylation is 1. The number of nitrogens with one attached hydrogen (secondary N) is 1. The minimum absolute atomic E-state index is 0.207. The van der Waals surface area contributed by atoms with Crippen molar-refractivity contribution in [2.75, 3.05) is 18.8 Å². The molecule has 0 spiro atoms. The summed E-state index contributed by atoms with van der Waals surface area (Å²) in [5.74, 6) is 0.354. The Labute approximate surface area is 160 Å². The third kappa shape index (κ3) is 4.20. The van der Waals surface area contributed by atoms with Crippen LogP contribution in [0.4, 0.5) is 14.9 Å². The van der Waals surface area contributed by atoms with Crippen LogP contribution in [0.1, 0.15) is 6.92 Å². The number of ether oxygens (including phenoxy) is 2. The fourth-order valence-electron chi connectivity index (χ4n) is 2.67. The summed E-state index contributed by atoms with van der Waals surface area (Å²) in [6.07, 6.45) is 4.33. The molecule has 1 N–H and O–H groups in total. The number of nitrogens with zero attached hydrogens (tertiary/aromatic N) is 3. The van der Waals surface area contributed by atoms with E-state index in [1.165, 1.54) is 10.6 Å². The zero-order valence-electron chi connectivity index (χ0n) is 15.4. The van der Waals surface area contributed by atoms with Crippen molar-refractivity contribution in [2.45, 2.75) is 6.92 Å². The molecule has 0 aliphatic heterocycles. The minimum atomic E-state index is -0.932. The number of aromatic nitrogens is 3. The van der Waals surface area contributed by atoms with E-state index >= 15 is 0 Å². The second kappa shape index (κ2) is 8.38. The van der Waals surface area contributed by atoms with E-state index < -0.39 is 13.0 Å². The van der Waals surface area contributed by atoms with Crippen LogP contribution in [-0.2, 0) is 11.8 Å². The van der Waals surface area contributed by atoms with Crippen LogP contribution in [0.5, 0.6) is 5.75 Å². The highest BCUT2D eigenvalue weighted by atomic mass is 19.1. The fourth-order valence-corrected chi connectivity index (χ4v) is 2.67. The molecule has 28 heavy (non-hydrogen) atoms. The molecule has 0 aliphatic carbocycles. The molecular formula is C19H19FN4O4. The molecule has 0 unspecified atom stereocenters. The number of carbonyl (C=O) groups excluding carboxylic acids is 1. The van der Waals surface area contributed by atoms with E-state index in [9.17, 15) is 14.0 Å². The Kier molecular flexibility index (Phi) is 5.73. The van der Waals surface area contributed by atoms with Crippen LogP contribution < -0.4 is 15.6 Å². The Morgan fingerprint density at radius 1 is 1.25 bits per heavy atom. The van der Waals surface area contributed by atoms with E-state index in [0.717, 1.165) is 0 Å². The van der Waals surface area contributed by atoms with E-state index in [1.807, 2.05) is 0 Å². The highest BCUT2D eigenvalue weighted by molar-refractivity contribution is 5.91. The molecule has 0 fully saturated rings. The average molecular weight is 386 g/mol. The smallest absolute Gasteiger partial charge is 0.411 e. The van der Waals surface area contributed by atoms with Crippen molar-refractivity contribution < 1.29 is 18.7 Å². The van der Waals surface area contributed by atoms with Gasteiger partial charge in [0.25, 0.3) is 5.56 Å². The fraction of sp³-hybridized carbons (Fsp3) is 0.211. The Hall–Kier alpha value is -3.62. The maximum absolute atomic E-state index is 12.6. The van der Waals surface area contributed by atoms with Crippen molar-refractivity contribution >= 4 is 11.8 Å². The Balaban J connectivity index is 2.07. The van der Waals surface area contributed by atoms with Gasteiger partial charge in [0.05, 0.1) is 18.5 Å². The molecule has 3 rings (SSSR count). The molecule has 0 radical (unpaired) electrons. The molecule has 0 bridgehead atoms. The first-order valence-corrected chi connectivity index (χ1v) is 8.50. The SMILES string of the molecule is CCOC(=O)Nc1cc(=O)n(-c2ccc(OCF)cc2)cc1-c1cnn(C)c1. The number of benzene rings is 1. The summed E-state index contributed by atoms with van der Waals surface area (Å²) in [5.41, 5.74) is 1.80. The van der Waals surface area contributed by atoms with E-state index in [-0.39, 0.29) is 12.2 Å². The molecule has 2 heterocycles. The molecule has 0 atom stereocenters. The van der Waals surface area contributed by atoms with Gasteiger partial charge in [-0.1, -0.05) is 0 Å². The summed E-state index contributed by atoms with van der Waals surface area (Å²) in [4.78, 5) is 24.5. The maximum Gasteiger partial charge on any atom is 0.411 e. The van der Waals surface area contributed by atoms with E-state index in [4.69, 9.17) is 9.47 Å². The van der Waals surface area contributed by atoms with Crippen molar-refractivity contribution in [1.29, 1.82) is 0 Å². The minimum Gasteiger partial charge on any atom is -0.463 e. The lowest BCUT2D eigenvalue weighted by atomic mass is 10.1. The van der Waals surface area contributed by atoms with Gasteiger partial charge in [-0.25, -0.2) is 9.18 Å². The number of pyridine rings is 1.